The van der Waals surface area contributed by atoms with Crippen LogP contribution in [0, 0.1) is 5.92 Å². The number of carbonyl (C=O) groups excluding carboxylic acids is 1. The van der Waals surface area contributed by atoms with Crippen molar-refractivity contribution in [2.24, 2.45) is 5.92 Å². The molecule has 0 bridgehead atoms. The number of hydrogen-bond acceptors (Lipinski definition) is 2. The third kappa shape index (κ3) is 1.89. The maximum atomic E-state index is 11.7. The van der Waals surface area contributed by atoms with Gasteiger partial charge in [0, 0.05) is 17.5 Å². The number of pyridine rings is 1. The lowest BCUT2D eigenvalue weighted by Gasteiger charge is -2.04. The molecule has 0 radical (unpaired) electrons. The van der Waals surface area contributed by atoms with E-state index in [0.29, 0.717) is 5.69 Å². The Hall–Kier alpha value is -1.70. The van der Waals surface area contributed by atoms with Gasteiger partial charge in [-0.15, -0.1) is 0 Å². The van der Waals surface area contributed by atoms with Gasteiger partial charge in [-0.25, -0.2) is 0 Å². The van der Waals surface area contributed by atoms with Gasteiger partial charge in [0.1, 0.15) is 5.69 Å². The summed E-state index contributed by atoms with van der Waals surface area (Å²) in [6.45, 7) is 3.78. The molecule has 0 N–H and O–H groups in total. The Balaban J connectivity index is 2.52. The van der Waals surface area contributed by atoms with Crippen molar-refractivity contribution in [3.8, 4) is 0 Å². The molecule has 0 aliphatic rings. The van der Waals surface area contributed by atoms with Crippen molar-refractivity contribution in [3.05, 3.63) is 42.2 Å². The fourth-order valence-electron chi connectivity index (χ4n) is 1.51. The number of hydrogen-bond donors (Lipinski definition) is 0. The van der Waals surface area contributed by atoms with Crippen LogP contribution < -0.4 is 0 Å². The average Bonchev–Trinajstić information content (AvgIpc) is 2.27. The zero-order valence-electron chi connectivity index (χ0n) is 8.90. The van der Waals surface area contributed by atoms with Crippen molar-refractivity contribution in [1.82, 2.24) is 4.98 Å². The molecule has 0 aliphatic heterocycles. The average molecular weight is 199 g/mol. The number of ketones is 1. The van der Waals surface area contributed by atoms with Crippen LogP contribution in [0.4, 0.5) is 0 Å². The smallest absolute Gasteiger partial charge is 0.183 e. The van der Waals surface area contributed by atoms with Gasteiger partial charge in [0.25, 0.3) is 0 Å². The first-order chi connectivity index (χ1) is 7.18. The van der Waals surface area contributed by atoms with Gasteiger partial charge in [-0.05, 0) is 11.5 Å². The summed E-state index contributed by atoms with van der Waals surface area (Å²) in [5, 5.41) is 2.13. The largest absolute Gasteiger partial charge is 0.292 e. The van der Waals surface area contributed by atoms with Crippen LogP contribution in [0.5, 0.6) is 0 Å². The second-order valence-corrected chi connectivity index (χ2v) is 3.94. The van der Waals surface area contributed by atoms with Crippen molar-refractivity contribution < 1.29 is 4.79 Å². The van der Waals surface area contributed by atoms with E-state index in [9.17, 15) is 4.79 Å². The minimum Gasteiger partial charge on any atom is -0.292 e. The number of Topliss-reactive ketones (excluding diaryl/α,β-unsaturated/α-hetero) is 1. The SMILES string of the molecule is CC(C)C(=O)c1cc2ccccc2cn1. The van der Waals surface area contributed by atoms with Crippen molar-refractivity contribution in [3.63, 3.8) is 0 Å². The maximum Gasteiger partial charge on any atom is 0.183 e. The lowest BCUT2D eigenvalue weighted by molar-refractivity contribution is 0.0934. The van der Waals surface area contributed by atoms with Gasteiger partial charge in [-0.2, -0.15) is 0 Å². The van der Waals surface area contributed by atoms with Crippen molar-refractivity contribution in [1.29, 1.82) is 0 Å². The van der Waals surface area contributed by atoms with E-state index in [1.54, 1.807) is 6.20 Å². The normalized spacial score (nSPS) is 10.9. The second-order valence-electron chi connectivity index (χ2n) is 3.94. The van der Waals surface area contributed by atoms with Crippen LogP contribution in [0.25, 0.3) is 10.8 Å². The predicted molar refractivity (Wildman–Crippen MR) is 60.9 cm³/mol. The molecule has 2 aromatic rings. The molecule has 0 spiro atoms. The van der Waals surface area contributed by atoms with Crippen LogP contribution in [0.15, 0.2) is 36.5 Å². The molecule has 1 aromatic carbocycles. The van der Waals surface area contributed by atoms with Crippen LogP contribution in [-0.4, -0.2) is 10.8 Å². The molecule has 2 heteroatoms. The van der Waals surface area contributed by atoms with Crippen LogP contribution in [0.2, 0.25) is 0 Å². The van der Waals surface area contributed by atoms with Crippen molar-refractivity contribution in [2.75, 3.05) is 0 Å². The Kier molecular flexibility index (Phi) is 2.50. The summed E-state index contributed by atoms with van der Waals surface area (Å²) in [4.78, 5) is 15.9. The van der Waals surface area contributed by atoms with E-state index in [0.717, 1.165) is 10.8 Å². The summed E-state index contributed by atoms with van der Waals surface area (Å²) in [5.74, 6) is 0.0967. The Labute approximate surface area is 89.0 Å². The number of rotatable bonds is 2. The summed E-state index contributed by atoms with van der Waals surface area (Å²) in [5.41, 5.74) is 0.559. The molecule has 0 fully saturated rings. The second kappa shape index (κ2) is 3.81. The summed E-state index contributed by atoms with van der Waals surface area (Å²) in [6, 6.07) is 9.78. The van der Waals surface area contributed by atoms with Gasteiger partial charge in [0.05, 0.1) is 0 Å². The zero-order chi connectivity index (χ0) is 10.8. The minimum absolute atomic E-state index is 0.00124. The van der Waals surface area contributed by atoms with Gasteiger partial charge < -0.3 is 0 Å². The molecule has 0 aliphatic carbocycles. The molecule has 15 heavy (non-hydrogen) atoms. The van der Waals surface area contributed by atoms with E-state index in [1.165, 1.54) is 0 Å². The predicted octanol–water partition coefficient (Wildman–Crippen LogP) is 3.07. The monoisotopic (exact) mass is 199 g/mol. The van der Waals surface area contributed by atoms with Gasteiger partial charge in [0.2, 0.25) is 0 Å². The van der Waals surface area contributed by atoms with E-state index in [1.807, 2.05) is 44.2 Å². The quantitative estimate of drug-likeness (QED) is 0.696. The fraction of sp³-hybridized carbons (Fsp3) is 0.231. The van der Waals surface area contributed by atoms with E-state index in [-0.39, 0.29) is 11.7 Å². The topological polar surface area (TPSA) is 30.0 Å². The first kappa shape index (κ1) is 9.84. The van der Waals surface area contributed by atoms with Crippen LogP contribution in [0.1, 0.15) is 24.3 Å². The highest BCUT2D eigenvalue weighted by Gasteiger charge is 2.11. The highest BCUT2D eigenvalue weighted by atomic mass is 16.1. The number of nitrogens with zero attached hydrogens (tertiary/aromatic N) is 1. The number of fused-ring (bicyclic) bond motifs is 1. The Morgan fingerprint density at radius 1 is 1.20 bits per heavy atom. The molecular weight excluding hydrogens is 186 g/mol. The Morgan fingerprint density at radius 2 is 1.87 bits per heavy atom. The molecule has 0 atom stereocenters. The molecule has 2 nitrogen and oxygen atoms in total. The number of carbonyl (C=O) groups is 1. The van der Waals surface area contributed by atoms with Gasteiger partial charge >= 0.3 is 0 Å². The highest BCUT2D eigenvalue weighted by Crippen LogP contribution is 2.15. The molecule has 1 heterocycles. The standard InChI is InChI=1S/C13H13NO/c1-9(2)13(15)12-7-10-5-3-4-6-11(10)8-14-12/h3-9H,1-2H3. The first-order valence-corrected chi connectivity index (χ1v) is 5.07. The summed E-state index contributed by atoms with van der Waals surface area (Å²) < 4.78 is 0. The molecule has 0 amide bonds. The molecule has 0 saturated heterocycles. The summed E-state index contributed by atoms with van der Waals surface area (Å²) in [7, 11) is 0. The molecular formula is C13H13NO. The van der Waals surface area contributed by atoms with Gasteiger partial charge in [0.15, 0.2) is 5.78 Å². The van der Waals surface area contributed by atoms with E-state index in [2.05, 4.69) is 4.98 Å². The molecule has 0 unspecified atom stereocenters. The fourth-order valence-corrected chi connectivity index (χ4v) is 1.51. The van der Waals surface area contributed by atoms with Gasteiger partial charge in [-0.1, -0.05) is 38.1 Å². The Morgan fingerprint density at radius 3 is 2.53 bits per heavy atom. The maximum absolute atomic E-state index is 11.7. The van der Waals surface area contributed by atoms with Crippen LogP contribution >= 0.6 is 0 Å². The van der Waals surface area contributed by atoms with Crippen molar-refractivity contribution >= 4 is 16.6 Å². The van der Waals surface area contributed by atoms with E-state index < -0.39 is 0 Å². The Bertz CT molecular complexity index is 503. The molecule has 76 valence electrons. The van der Waals surface area contributed by atoms with E-state index in [4.69, 9.17) is 0 Å². The lowest BCUT2D eigenvalue weighted by Crippen LogP contribution is -2.09. The highest BCUT2D eigenvalue weighted by molar-refractivity contribution is 5.98. The number of aromatic nitrogens is 1. The molecule has 0 saturated carbocycles. The molecule has 2 rings (SSSR count). The minimum atomic E-state index is -0.00124. The lowest BCUT2D eigenvalue weighted by atomic mass is 10.0. The molecule has 1 aromatic heterocycles. The third-order valence-corrected chi connectivity index (χ3v) is 2.41. The number of benzene rings is 1. The third-order valence-electron chi connectivity index (χ3n) is 2.41. The van der Waals surface area contributed by atoms with Crippen molar-refractivity contribution in [2.45, 2.75) is 13.8 Å². The first-order valence-electron chi connectivity index (χ1n) is 5.07. The van der Waals surface area contributed by atoms with Crippen LogP contribution in [0.3, 0.4) is 0 Å². The summed E-state index contributed by atoms with van der Waals surface area (Å²) >= 11 is 0. The summed E-state index contributed by atoms with van der Waals surface area (Å²) in [6.07, 6.45) is 1.75. The van der Waals surface area contributed by atoms with Gasteiger partial charge in [-0.3, -0.25) is 9.78 Å². The zero-order valence-corrected chi connectivity index (χ0v) is 8.90. The van der Waals surface area contributed by atoms with E-state index >= 15 is 0 Å². The van der Waals surface area contributed by atoms with Crippen LogP contribution in [-0.2, 0) is 0 Å².